The van der Waals surface area contributed by atoms with E-state index in [0.717, 1.165) is 20.8 Å². The van der Waals surface area contributed by atoms with E-state index in [9.17, 15) is 33.9 Å². The highest BCUT2D eigenvalue weighted by molar-refractivity contribution is 6.10. The fraction of sp³-hybridized carbons (Fsp3) is 0.333. The molecule has 0 saturated carbocycles. The molecule has 0 spiro atoms. The average molecular weight is 639 g/mol. The molecular weight excluding hydrogens is 604 g/mol. The van der Waals surface area contributed by atoms with Crippen molar-refractivity contribution in [2.24, 2.45) is 0 Å². The summed E-state index contributed by atoms with van der Waals surface area (Å²) in [4.78, 5) is 71.8. The van der Waals surface area contributed by atoms with E-state index < -0.39 is 72.8 Å². The van der Waals surface area contributed by atoms with E-state index in [4.69, 9.17) is 28.4 Å². The number of ether oxygens (including phenoxy) is 6. The molecule has 0 bridgehead atoms. The lowest BCUT2D eigenvalue weighted by molar-refractivity contribution is -0.288. The standard InChI is InChI=1S/C33H34O13/c1-19(34)41-18-29-30(42-20(2)35)31(43-21(3)36)32(44-22(4)37)33(46-29)45-28-15-9-24(10-16-28)8-14-27(40)17-26(39)13-7-23-5-11-25(38)12-6-23/h5-16,29-33,38H,17-18H2,1-4H3/b13-7+,14-8+/t29-,30-,31+,32-,33-/m1/s1. The predicted octanol–water partition coefficient (Wildman–Crippen LogP) is 3.11. The number of aromatic hydroxyl groups is 1. The van der Waals surface area contributed by atoms with Crippen molar-refractivity contribution in [3.05, 3.63) is 71.8 Å². The van der Waals surface area contributed by atoms with Crippen molar-refractivity contribution in [3.63, 3.8) is 0 Å². The van der Waals surface area contributed by atoms with Gasteiger partial charge in [0.15, 0.2) is 23.8 Å². The van der Waals surface area contributed by atoms with Crippen molar-refractivity contribution in [3.8, 4) is 11.5 Å². The Morgan fingerprint density at radius 1 is 0.674 bits per heavy atom. The molecule has 1 fully saturated rings. The largest absolute Gasteiger partial charge is 0.508 e. The molecule has 2 aromatic rings. The topological polar surface area (TPSA) is 178 Å². The molecule has 2 aromatic carbocycles. The van der Waals surface area contributed by atoms with Crippen molar-refractivity contribution >= 4 is 47.6 Å². The Morgan fingerprint density at radius 3 is 1.65 bits per heavy atom. The normalized spacial score (nSPS) is 20.9. The number of carbonyl (C=O) groups is 6. The van der Waals surface area contributed by atoms with Gasteiger partial charge in [0, 0.05) is 27.7 Å². The van der Waals surface area contributed by atoms with Crippen LogP contribution in [0.2, 0.25) is 0 Å². The molecule has 0 aliphatic carbocycles. The first-order chi connectivity index (χ1) is 21.8. The van der Waals surface area contributed by atoms with Crippen LogP contribution in [0, 0.1) is 0 Å². The van der Waals surface area contributed by atoms with Crippen LogP contribution in [0.3, 0.4) is 0 Å². The molecular formula is C33H34O13. The number of carbonyl (C=O) groups excluding carboxylic acids is 6. The highest BCUT2D eigenvalue weighted by Gasteiger charge is 2.53. The van der Waals surface area contributed by atoms with Gasteiger partial charge in [-0.25, -0.2) is 0 Å². The van der Waals surface area contributed by atoms with E-state index in [1.807, 2.05) is 0 Å². The van der Waals surface area contributed by atoms with Gasteiger partial charge >= 0.3 is 23.9 Å². The summed E-state index contributed by atoms with van der Waals surface area (Å²) in [7, 11) is 0. The predicted molar refractivity (Wildman–Crippen MR) is 160 cm³/mol. The minimum absolute atomic E-state index is 0.101. The number of rotatable bonds is 13. The molecule has 1 aliphatic heterocycles. The second-order valence-electron chi connectivity index (χ2n) is 10.1. The Bertz CT molecular complexity index is 1470. The van der Waals surface area contributed by atoms with Gasteiger partial charge in [0.25, 0.3) is 0 Å². The minimum Gasteiger partial charge on any atom is -0.508 e. The molecule has 1 N–H and O–H groups in total. The van der Waals surface area contributed by atoms with Crippen LogP contribution < -0.4 is 4.74 Å². The second kappa shape index (κ2) is 16.7. The molecule has 1 aliphatic rings. The van der Waals surface area contributed by atoms with Gasteiger partial charge in [-0.05, 0) is 47.5 Å². The zero-order valence-corrected chi connectivity index (χ0v) is 25.6. The van der Waals surface area contributed by atoms with Gasteiger partial charge in [0.05, 0.1) is 6.42 Å². The smallest absolute Gasteiger partial charge is 0.303 e. The summed E-state index contributed by atoms with van der Waals surface area (Å²) in [6.45, 7) is 4.13. The zero-order valence-electron chi connectivity index (χ0n) is 25.6. The third kappa shape index (κ3) is 11.3. The maximum atomic E-state index is 12.3. The van der Waals surface area contributed by atoms with Crippen LogP contribution in [0.4, 0.5) is 0 Å². The van der Waals surface area contributed by atoms with E-state index >= 15 is 0 Å². The molecule has 1 saturated heterocycles. The quantitative estimate of drug-likeness (QED) is 0.147. The van der Waals surface area contributed by atoms with Crippen LogP contribution >= 0.6 is 0 Å². The van der Waals surface area contributed by atoms with Crippen molar-refractivity contribution in [1.82, 2.24) is 0 Å². The molecule has 5 atom stereocenters. The van der Waals surface area contributed by atoms with Gasteiger partial charge in [0.1, 0.15) is 24.2 Å². The summed E-state index contributed by atoms with van der Waals surface area (Å²) in [5.41, 5.74) is 1.29. The minimum atomic E-state index is -1.40. The van der Waals surface area contributed by atoms with Crippen LogP contribution in [-0.2, 0) is 52.5 Å². The van der Waals surface area contributed by atoms with Crippen LogP contribution in [0.25, 0.3) is 12.2 Å². The number of hydrogen-bond donors (Lipinski definition) is 1. The summed E-state index contributed by atoms with van der Waals surface area (Å²) in [6, 6.07) is 12.5. The lowest BCUT2D eigenvalue weighted by Crippen LogP contribution is -2.63. The number of hydrogen-bond acceptors (Lipinski definition) is 13. The Labute approximate surface area is 264 Å². The van der Waals surface area contributed by atoms with Gasteiger partial charge < -0.3 is 33.5 Å². The lowest BCUT2D eigenvalue weighted by Gasteiger charge is -2.43. The molecule has 3 rings (SSSR count). The van der Waals surface area contributed by atoms with E-state index in [2.05, 4.69) is 0 Å². The third-order valence-electron chi connectivity index (χ3n) is 6.25. The molecule has 0 unspecified atom stereocenters. The number of ketones is 2. The Hall–Kier alpha value is -5.30. The first-order valence-corrected chi connectivity index (χ1v) is 14.1. The van der Waals surface area contributed by atoms with Gasteiger partial charge in [-0.2, -0.15) is 0 Å². The van der Waals surface area contributed by atoms with Crippen LogP contribution in [-0.4, -0.2) is 77.9 Å². The van der Waals surface area contributed by atoms with Crippen LogP contribution in [0.15, 0.2) is 60.7 Å². The fourth-order valence-corrected chi connectivity index (χ4v) is 4.33. The highest BCUT2D eigenvalue weighted by atomic mass is 16.7. The van der Waals surface area contributed by atoms with Crippen molar-refractivity contribution in [2.45, 2.75) is 64.8 Å². The number of allylic oxidation sites excluding steroid dienone is 2. The monoisotopic (exact) mass is 638 g/mol. The number of benzene rings is 2. The van der Waals surface area contributed by atoms with E-state index in [1.165, 1.54) is 49.4 Å². The van der Waals surface area contributed by atoms with Gasteiger partial charge in [-0.1, -0.05) is 36.4 Å². The molecule has 13 heteroatoms. The van der Waals surface area contributed by atoms with Gasteiger partial charge in [-0.3, -0.25) is 28.8 Å². The first-order valence-electron chi connectivity index (χ1n) is 14.1. The first kappa shape index (κ1) is 35.2. The van der Waals surface area contributed by atoms with Gasteiger partial charge in [-0.15, -0.1) is 0 Å². The van der Waals surface area contributed by atoms with Crippen molar-refractivity contribution in [2.75, 3.05) is 6.61 Å². The van der Waals surface area contributed by atoms with Gasteiger partial charge in [0.2, 0.25) is 12.4 Å². The van der Waals surface area contributed by atoms with Crippen LogP contribution in [0.5, 0.6) is 11.5 Å². The maximum absolute atomic E-state index is 12.3. The molecule has 13 nitrogen and oxygen atoms in total. The summed E-state index contributed by atoms with van der Waals surface area (Å²) < 4.78 is 33.0. The molecule has 1 heterocycles. The van der Waals surface area contributed by atoms with Crippen molar-refractivity contribution in [1.29, 1.82) is 0 Å². The molecule has 244 valence electrons. The van der Waals surface area contributed by atoms with E-state index in [1.54, 1.807) is 30.3 Å². The molecule has 46 heavy (non-hydrogen) atoms. The number of phenols is 1. The fourth-order valence-electron chi connectivity index (χ4n) is 4.33. The zero-order chi connectivity index (χ0) is 33.8. The molecule has 0 amide bonds. The molecule has 0 radical (unpaired) electrons. The molecule has 0 aromatic heterocycles. The Kier molecular flexibility index (Phi) is 12.8. The summed E-state index contributed by atoms with van der Waals surface area (Å²) in [5.74, 6) is -3.43. The number of esters is 4. The van der Waals surface area contributed by atoms with Crippen molar-refractivity contribution < 1.29 is 62.3 Å². The summed E-state index contributed by atoms with van der Waals surface area (Å²) in [6.07, 6.45) is -1.38. The maximum Gasteiger partial charge on any atom is 0.303 e. The number of phenolic OH excluding ortho intramolecular Hbond substituents is 1. The third-order valence-corrected chi connectivity index (χ3v) is 6.25. The second-order valence-corrected chi connectivity index (χ2v) is 10.1. The Balaban J connectivity index is 1.72. The highest BCUT2D eigenvalue weighted by Crippen LogP contribution is 2.31. The van der Waals surface area contributed by atoms with E-state index in [-0.39, 0.29) is 17.9 Å². The SMILES string of the molecule is CC(=O)OC[C@H]1O[C@@H](Oc2ccc(/C=C/C(=O)CC(=O)/C=C/c3ccc(O)cc3)cc2)[C@H](OC(C)=O)[C@@H](OC(C)=O)[C@@H]1OC(C)=O. The van der Waals surface area contributed by atoms with Crippen LogP contribution in [0.1, 0.15) is 45.2 Å². The Morgan fingerprint density at radius 2 is 1.15 bits per heavy atom. The summed E-state index contributed by atoms with van der Waals surface area (Å²) in [5, 5.41) is 9.33. The van der Waals surface area contributed by atoms with E-state index in [0.29, 0.717) is 11.1 Å². The average Bonchev–Trinajstić information content (AvgIpc) is 2.98. The summed E-state index contributed by atoms with van der Waals surface area (Å²) >= 11 is 0. The lowest BCUT2D eigenvalue weighted by atomic mass is 9.98.